The molecule has 1 fully saturated rings. The lowest BCUT2D eigenvalue weighted by Gasteiger charge is -2.29. The van der Waals surface area contributed by atoms with Crippen molar-refractivity contribution in [2.24, 2.45) is 5.92 Å². The first-order valence-corrected chi connectivity index (χ1v) is 19.7. The molecule has 8 N–H and O–H groups in total. The molecule has 3 aliphatic rings. The predicted molar refractivity (Wildman–Crippen MR) is 216 cm³/mol. The number of hydrogen-bond acceptors (Lipinski definition) is 11. The lowest BCUT2D eigenvalue weighted by Crippen LogP contribution is -2.54. The van der Waals surface area contributed by atoms with Crippen LogP contribution in [0.4, 0.5) is 11.4 Å². The standard InChI is InChI=1S/C40H47B2N5O12/c1-3-23(39(53)47-14-6-8-33(47)38(52)46-34(22(2)48)40(54)55)7-4-5-13-43-35(49)28-15-29(44-36(50)24-9-11-26-20-58-41(56)31(26)17-24)19-30(16-28)45-37(51)25-10-12-27-21-59-42(57)32(27)18-25/h9-12,15-19,22-23,33-34,48,56-57H,3-8,13-14,20-21H2,1-2H3,(H,43,49)(H,44,50)(H,45,51)(H,46,52)(H,54,55)/t22-,23+,33+,34+/m1/s1. The van der Waals surface area contributed by atoms with Crippen LogP contribution in [0.15, 0.2) is 54.6 Å². The lowest BCUT2D eigenvalue weighted by atomic mass is 9.79. The molecule has 3 aromatic rings. The molecule has 0 bridgehead atoms. The topological polar surface area (TPSA) is 253 Å². The summed E-state index contributed by atoms with van der Waals surface area (Å²) in [5.74, 6) is -4.15. The van der Waals surface area contributed by atoms with Crippen LogP contribution in [0.1, 0.15) is 94.6 Å². The fourth-order valence-electron chi connectivity index (χ4n) is 7.52. The summed E-state index contributed by atoms with van der Waals surface area (Å²) in [4.78, 5) is 79.7. The Morgan fingerprint density at radius 3 is 1.92 bits per heavy atom. The highest BCUT2D eigenvalue weighted by molar-refractivity contribution is 6.62. The number of unbranched alkanes of at least 4 members (excludes halogenated alkanes) is 1. The van der Waals surface area contributed by atoms with Gasteiger partial charge < -0.3 is 55.7 Å². The maximum atomic E-state index is 13.5. The highest BCUT2D eigenvalue weighted by Crippen LogP contribution is 2.25. The number of hydrogen-bond donors (Lipinski definition) is 8. The van der Waals surface area contributed by atoms with E-state index < -0.39 is 67.9 Å². The minimum absolute atomic E-state index is 0.134. The monoisotopic (exact) mass is 811 g/mol. The van der Waals surface area contributed by atoms with Crippen molar-refractivity contribution in [3.8, 4) is 0 Å². The smallest absolute Gasteiger partial charge is 0.480 e. The number of amides is 5. The van der Waals surface area contributed by atoms with Crippen molar-refractivity contribution < 1.29 is 58.3 Å². The van der Waals surface area contributed by atoms with Crippen LogP contribution >= 0.6 is 0 Å². The fourth-order valence-corrected chi connectivity index (χ4v) is 7.52. The van der Waals surface area contributed by atoms with Crippen LogP contribution in [0.25, 0.3) is 0 Å². The van der Waals surface area contributed by atoms with E-state index >= 15 is 0 Å². The zero-order chi connectivity index (χ0) is 42.4. The van der Waals surface area contributed by atoms with Crippen molar-refractivity contribution in [3.63, 3.8) is 0 Å². The highest BCUT2D eigenvalue weighted by atomic mass is 16.5. The molecular formula is C40H47B2N5O12. The van der Waals surface area contributed by atoms with Gasteiger partial charge in [0, 0.05) is 47.1 Å². The van der Waals surface area contributed by atoms with E-state index in [0.717, 1.165) is 11.1 Å². The number of carboxylic acid groups (broad SMARTS) is 1. The molecule has 0 aromatic heterocycles. The number of carbonyl (C=O) groups is 6. The number of nitrogens with one attached hydrogen (secondary N) is 4. The van der Waals surface area contributed by atoms with Gasteiger partial charge in [-0.15, -0.1) is 0 Å². The molecule has 0 aliphatic carbocycles. The molecule has 19 heteroatoms. The van der Waals surface area contributed by atoms with Crippen LogP contribution in [0.5, 0.6) is 0 Å². The van der Waals surface area contributed by atoms with Gasteiger partial charge in [0.25, 0.3) is 17.7 Å². The van der Waals surface area contributed by atoms with Gasteiger partial charge >= 0.3 is 20.2 Å². The molecule has 310 valence electrons. The van der Waals surface area contributed by atoms with E-state index in [1.54, 1.807) is 24.3 Å². The van der Waals surface area contributed by atoms with Gasteiger partial charge in [-0.05, 0) is 104 Å². The second-order valence-corrected chi connectivity index (χ2v) is 15.0. The SMILES string of the molecule is CC[C@@H](CCCCNC(=O)c1cc(NC(=O)c2ccc3c(c2)B(O)OC3)cc(NC(=O)c2ccc3c(c2)B(O)OC3)c1)C(=O)N1CCC[C@H]1C(=O)N[C@H](C(=O)O)[C@@H](C)O. The molecule has 1 saturated heterocycles. The fraction of sp³-hybridized carbons (Fsp3) is 0.400. The van der Waals surface area contributed by atoms with E-state index in [0.29, 0.717) is 56.0 Å². The molecule has 4 atom stereocenters. The normalized spacial score (nSPS) is 17.1. The van der Waals surface area contributed by atoms with Crippen molar-refractivity contribution in [2.45, 2.75) is 83.8 Å². The van der Waals surface area contributed by atoms with E-state index in [9.17, 15) is 49.0 Å². The van der Waals surface area contributed by atoms with Crippen LogP contribution < -0.4 is 32.2 Å². The van der Waals surface area contributed by atoms with Gasteiger partial charge in [0.1, 0.15) is 6.04 Å². The average Bonchev–Trinajstić information content (AvgIpc) is 3.96. The van der Waals surface area contributed by atoms with Crippen molar-refractivity contribution in [1.29, 1.82) is 0 Å². The van der Waals surface area contributed by atoms with Crippen molar-refractivity contribution in [2.75, 3.05) is 23.7 Å². The van der Waals surface area contributed by atoms with Crippen LogP contribution in [-0.4, -0.2) is 106 Å². The Kier molecular flexibility index (Phi) is 13.8. The number of aliphatic hydroxyl groups is 1. The Bertz CT molecular complexity index is 2030. The molecule has 6 rings (SSSR count). The summed E-state index contributed by atoms with van der Waals surface area (Å²) in [6.07, 6.45) is 1.71. The Morgan fingerprint density at radius 2 is 1.39 bits per heavy atom. The van der Waals surface area contributed by atoms with Crippen LogP contribution in [0.3, 0.4) is 0 Å². The predicted octanol–water partition coefficient (Wildman–Crippen LogP) is 0.494. The lowest BCUT2D eigenvalue weighted by molar-refractivity contribution is -0.147. The Labute approximate surface area is 341 Å². The number of fused-ring (bicyclic) bond motifs is 2. The second-order valence-electron chi connectivity index (χ2n) is 15.0. The Balaban J connectivity index is 1.09. The van der Waals surface area contributed by atoms with E-state index in [4.69, 9.17) is 9.31 Å². The molecule has 3 heterocycles. The van der Waals surface area contributed by atoms with Crippen molar-refractivity contribution in [3.05, 3.63) is 82.4 Å². The molecular weight excluding hydrogens is 764 g/mol. The second kappa shape index (κ2) is 19.0. The summed E-state index contributed by atoms with van der Waals surface area (Å²) < 4.78 is 10.5. The molecule has 0 saturated carbocycles. The zero-order valence-corrected chi connectivity index (χ0v) is 32.7. The largest absolute Gasteiger partial charge is 0.491 e. The third-order valence-corrected chi connectivity index (χ3v) is 10.8. The first-order valence-electron chi connectivity index (χ1n) is 19.7. The number of likely N-dealkylation sites (tertiary alicyclic amines) is 1. The first-order chi connectivity index (χ1) is 28.2. The third kappa shape index (κ3) is 10.2. The van der Waals surface area contributed by atoms with Crippen LogP contribution in [0, 0.1) is 5.92 Å². The summed E-state index contributed by atoms with van der Waals surface area (Å²) in [7, 11) is -2.31. The van der Waals surface area contributed by atoms with Gasteiger partial charge in [-0.1, -0.05) is 25.5 Å². The number of aliphatic carboxylic acids is 1. The number of aliphatic hydroxyl groups excluding tert-OH is 1. The quantitative estimate of drug-likeness (QED) is 0.0728. The zero-order valence-electron chi connectivity index (χ0n) is 32.7. The van der Waals surface area contributed by atoms with Crippen molar-refractivity contribution >= 4 is 72.0 Å². The van der Waals surface area contributed by atoms with Gasteiger partial charge in [0.15, 0.2) is 6.04 Å². The summed E-state index contributed by atoms with van der Waals surface area (Å²) in [6, 6.07) is 11.7. The summed E-state index contributed by atoms with van der Waals surface area (Å²) in [6.45, 7) is 4.17. The number of benzene rings is 3. The maximum Gasteiger partial charge on any atom is 0.491 e. The molecule has 3 aromatic carbocycles. The molecule has 17 nitrogen and oxygen atoms in total. The summed E-state index contributed by atoms with van der Waals surface area (Å²) in [5, 5.41) is 50.2. The van der Waals surface area contributed by atoms with E-state index in [2.05, 4.69) is 21.3 Å². The highest BCUT2D eigenvalue weighted by Gasteiger charge is 2.38. The average molecular weight is 811 g/mol. The Morgan fingerprint density at radius 1 is 0.814 bits per heavy atom. The van der Waals surface area contributed by atoms with Gasteiger partial charge in [-0.3, -0.25) is 24.0 Å². The number of nitrogens with zero attached hydrogens (tertiary/aromatic N) is 1. The van der Waals surface area contributed by atoms with Gasteiger partial charge in [-0.25, -0.2) is 4.79 Å². The van der Waals surface area contributed by atoms with Crippen LogP contribution in [-0.2, 0) is 36.9 Å². The molecule has 0 spiro atoms. The van der Waals surface area contributed by atoms with Gasteiger partial charge in [0.2, 0.25) is 11.8 Å². The maximum absolute atomic E-state index is 13.5. The van der Waals surface area contributed by atoms with E-state index in [-0.39, 0.29) is 53.7 Å². The van der Waals surface area contributed by atoms with Crippen molar-refractivity contribution in [1.82, 2.24) is 15.5 Å². The van der Waals surface area contributed by atoms with E-state index in [1.165, 1.54) is 42.2 Å². The summed E-state index contributed by atoms with van der Waals surface area (Å²) >= 11 is 0. The first kappa shape index (κ1) is 43.0. The molecule has 59 heavy (non-hydrogen) atoms. The van der Waals surface area contributed by atoms with E-state index in [1.807, 2.05) is 6.92 Å². The summed E-state index contributed by atoms with van der Waals surface area (Å²) in [5.41, 5.74) is 3.49. The minimum Gasteiger partial charge on any atom is -0.480 e. The number of carboxylic acids is 1. The van der Waals surface area contributed by atoms with Gasteiger partial charge in [0.05, 0.1) is 19.3 Å². The minimum atomic E-state index is -1.49. The number of rotatable bonds is 16. The third-order valence-electron chi connectivity index (χ3n) is 10.8. The number of carbonyl (C=O) groups excluding carboxylic acids is 5. The molecule has 0 unspecified atom stereocenters. The molecule has 0 radical (unpaired) electrons. The van der Waals surface area contributed by atoms with Crippen LogP contribution in [0.2, 0.25) is 0 Å². The Hall–Kier alpha value is -5.59. The number of anilines is 2. The molecule has 3 aliphatic heterocycles. The van der Waals surface area contributed by atoms with Gasteiger partial charge in [-0.2, -0.15) is 0 Å². The molecule has 5 amide bonds.